The van der Waals surface area contributed by atoms with E-state index in [0.717, 1.165) is 45.3 Å². The molecular formula is C70H54N2. The SMILES string of the molecule is CC1(C)c2ccccc2-c2ccc(N(c3ccc(-c4ccc(/C=C/c5ccc(N(c6ccc7ccccc7c6)c6cccc7ccccc67)cc5)cc4)cc3)c3ccc4c(c3)C(C)(C)c3ccccc3-4)cc21. The summed E-state index contributed by atoms with van der Waals surface area (Å²) in [6.45, 7) is 9.46. The van der Waals surface area contributed by atoms with Crippen LogP contribution in [0.4, 0.5) is 34.1 Å². The summed E-state index contributed by atoms with van der Waals surface area (Å²) in [5.74, 6) is 0. The van der Waals surface area contributed by atoms with Crippen LogP contribution in [0.25, 0.3) is 67.1 Å². The average molecular weight is 923 g/mol. The quantitative estimate of drug-likeness (QED) is 0.133. The van der Waals surface area contributed by atoms with Gasteiger partial charge in [-0.3, -0.25) is 0 Å². The average Bonchev–Trinajstić information content (AvgIpc) is 3.80. The van der Waals surface area contributed by atoms with Gasteiger partial charge in [0, 0.05) is 44.7 Å². The zero-order valence-corrected chi connectivity index (χ0v) is 41.1. The summed E-state index contributed by atoms with van der Waals surface area (Å²) in [7, 11) is 0. The Hall–Kier alpha value is -8.72. The first-order chi connectivity index (χ1) is 35.2. The Morgan fingerprint density at radius 1 is 0.292 bits per heavy atom. The minimum absolute atomic E-state index is 0.107. The van der Waals surface area contributed by atoms with E-state index in [-0.39, 0.29) is 10.8 Å². The standard InChI is InChI=1S/C70H54N2/c1-69(2)64-21-11-9-19-60(64)62-42-40-57(45-66(62)69)71(58-41-43-63-61-20-10-12-22-65(61)70(3,4)67(63)46-58)54-37-32-51(33-38-54)50-30-26-47(27-31-50)24-25-48-28-35-55(36-29-48)72(56-39-34-49-14-5-6-16-53(49)44-56)68-23-13-17-52-15-7-8-18-59(52)68/h5-46H,1-4H3/b25-24+. The Morgan fingerprint density at radius 3 is 1.32 bits per heavy atom. The van der Waals surface area contributed by atoms with Crippen LogP contribution in [-0.2, 0) is 10.8 Å². The van der Waals surface area contributed by atoms with Gasteiger partial charge in [-0.15, -0.1) is 0 Å². The van der Waals surface area contributed by atoms with Crippen molar-refractivity contribution in [3.8, 4) is 33.4 Å². The topological polar surface area (TPSA) is 6.48 Å². The largest absolute Gasteiger partial charge is 0.310 e. The van der Waals surface area contributed by atoms with E-state index in [1.165, 1.54) is 77.2 Å². The lowest BCUT2D eigenvalue weighted by molar-refractivity contribution is 0.660. The number of fused-ring (bicyclic) bond motifs is 8. The number of rotatable bonds is 9. The van der Waals surface area contributed by atoms with Crippen LogP contribution < -0.4 is 9.80 Å². The number of nitrogens with zero attached hydrogens (tertiary/aromatic N) is 2. The molecule has 0 aliphatic heterocycles. The molecule has 0 spiro atoms. The molecular weight excluding hydrogens is 869 g/mol. The molecule has 13 rings (SSSR count). The lowest BCUT2D eigenvalue weighted by Crippen LogP contribution is -2.18. The normalized spacial score (nSPS) is 13.7. The van der Waals surface area contributed by atoms with E-state index >= 15 is 0 Å². The first-order valence-electron chi connectivity index (χ1n) is 25.2. The molecule has 0 amide bonds. The van der Waals surface area contributed by atoms with Gasteiger partial charge in [0.05, 0.1) is 5.69 Å². The maximum absolute atomic E-state index is 2.45. The van der Waals surface area contributed by atoms with Gasteiger partial charge in [-0.1, -0.05) is 216 Å². The van der Waals surface area contributed by atoms with Crippen LogP contribution in [0.3, 0.4) is 0 Å². The molecule has 0 unspecified atom stereocenters. The summed E-state index contributed by atoms with van der Waals surface area (Å²) in [6.07, 6.45) is 4.41. The van der Waals surface area contributed by atoms with Crippen molar-refractivity contribution in [3.63, 3.8) is 0 Å². The smallest absolute Gasteiger partial charge is 0.0540 e. The fourth-order valence-corrected chi connectivity index (χ4v) is 11.8. The molecule has 0 saturated heterocycles. The van der Waals surface area contributed by atoms with Gasteiger partial charge in [-0.05, 0) is 150 Å². The van der Waals surface area contributed by atoms with Crippen molar-refractivity contribution in [1.29, 1.82) is 0 Å². The van der Waals surface area contributed by atoms with Gasteiger partial charge in [0.1, 0.15) is 0 Å². The highest BCUT2D eigenvalue weighted by molar-refractivity contribution is 6.00. The first-order valence-corrected chi connectivity index (χ1v) is 25.2. The number of hydrogen-bond acceptors (Lipinski definition) is 2. The van der Waals surface area contributed by atoms with Crippen molar-refractivity contribution < 1.29 is 0 Å². The molecule has 0 saturated carbocycles. The van der Waals surface area contributed by atoms with Gasteiger partial charge in [-0.25, -0.2) is 0 Å². The molecule has 2 aliphatic rings. The summed E-state index contributed by atoms with van der Waals surface area (Å²) in [6, 6.07) is 89.4. The predicted molar refractivity (Wildman–Crippen MR) is 307 cm³/mol. The summed E-state index contributed by atoms with van der Waals surface area (Å²) >= 11 is 0. The number of benzene rings is 11. The molecule has 0 fully saturated rings. The Balaban J connectivity index is 0.787. The molecule has 2 nitrogen and oxygen atoms in total. The second kappa shape index (κ2) is 17.0. The summed E-state index contributed by atoms with van der Waals surface area (Å²) in [5, 5.41) is 4.89. The Labute approximate surface area is 423 Å². The second-order valence-corrected chi connectivity index (χ2v) is 20.6. The van der Waals surface area contributed by atoms with Crippen molar-refractivity contribution in [2.24, 2.45) is 0 Å². The molecule has 0 bridgehead atoms. The zero-order valence-electron chi connectivity index (χ0n) is 41.1. The van der Waals surface area contributed by atoms with Crippen LogP contribution in [0.2, 0.25) is 0 Å². The molecule has 0 radical (unpaired) electrons. The lowest BCUT2D eigenvalue weighted by Gasteiger charge is -2.30. The highest BCUT2D eigenvalue weighted by Gasteiger charge is 2.37. The highest BCUT2D eigenvalue weighted by Crippen LogP contribution is 2.53. The minimum atomic E-state index is -0.107. The zero-order chi connectivity index (χ0) is 48.6. The first kappa shape index (κ1) is 43.3. The third kappa shape index (κ3) is 7.25. The molecule has 0 heterocycles. The van der Waals surface area contributed by atoms with Gasteiger partial charge >= 0.3 is 0 Å². The molecule has 344 valence electrons. The summed E-state index contributed by atoms with van der Waals surface area (Å²) in [5.41, 5.74) is 22.1. The third-order valence-electron chi connectivity index (χ3n) is 15.6. The van der Waals surface area contributed by atoms with E-state index < -0.39 is 0 Å². The third-order valence-corrected chi connectivity index (χ3v) is 15.6. The highest BCUT2D eigenvalue weighted by atomic mass is 15.1. The van der Waals surface area contributed by atoms with Gasteiger partial charge in [0.2, 0.25) is 0 Å². The second-order valence-electron chi connectivity index (χ2n) is 20.6. The van der Waals surface area contributed by atoms with Gasteiger partial charge < -0.3 is 9.80 Å². The Morgan fingerprint density at radius 2 is 0.708 bits per heavy atom. The van der Waals surface area contributed by atoms with Crippen LogP contribution in [0.15, 0.2) is 243 Å². The molecule has 0 aromatic heterocycles. The lowest BCUT2D eigenvalue weighted by atomic mass is 9.82. The Bertz CT molecular complexity index is 3800. The van der Waals surface area contributed by atoms with Gasteiger partial charge in [-0.2, -0.15) is 0 Å². The van der Waals surface area contributed by atoms with Crippen LogP contribution in [0.5, 0.6) is 0 Å². The molecule has 0 N–H and O–H groups in total. The predicted octanol–water partition coefficient (Wildman–Crippen LogP) is 19.4. The fraction of sp³-hybridized carbons (Fsp3) is 0.0857. The molecule has 11 aromatic rings. The molecule has 11 aromatic carbocycles. The van der Waals surface area contributed by atoms with Crippen LogP contribution in [0.1, 0.15) is 61.1 Å². The maximum Gasteiger partial charge on any atom is 0.0540 e. The molecule has 72 heavy (non-hydrogen) atoms. The van der Waals surface area contributed by atoms with Gasteiger partial charge in [0.25, 0.3) is 0 Å². The molecule has 2 heteroatoms. The van der Waals surface area contributed by atoms with E-state index in [0.29, 0.717) is 0 Å². The summed E-state index contributed by atoms with van der Waals surface area (Å²) in [4.78, 5) is 4.83. The van der Waals surface area contributed by atoms with E-state index in [2.05, 4.69) is 292 Å². The van der Waals surface area contributed by atoms with Crippen molar-refractivity contribution in [1.82, 2.24) is 0 Å². The van der Waals surface area contributed by atoms with Crippen molar-refractivity contribution in [3.05, 3.63) is 276 Å². The van der Waals surface area contributed by atoms with Crippen LogP contribution in [-0.4, -0.2) is 0 Å². The minimum Gasteiger partial charge on any atom is -0.310 e. The van der Waals surface area contributed by atoms with E-state index in [1.807, 2.05) is 0 Å². The van der Waals surface area contributed by atoms with Crippen LogP contribution in [0, 0.1) is 0 Å². The van der Waals surface area contributed by atoms with Crippen LogP contribution >= 0.6 is 0 Å². The maximum atomic E-state index is 2.45. The monoisotopic (exact) mass is 922 g/mol. The number of hydrogen-bond donors (Lipinski definition) is 0. The molecule has 0 atom stereocenters. The van der Waals surface area contributed by atoms with Crippen molar-refractivity contribution in [2.75, 3.05) is 9.80 Å². The summed E-state index contributed by atoms with van der Waals surface area (Å²) < 4.78 is 0. The van der Waals surface area contributed by atoms with Crippen molar-refractivity contribution in [2.45, 2.75) is 38.5 Å². The van der Waals surface area contributed by atoms with Crippen molar-refractivity contribution >= 4 is 67.8 Å². The van der Waals surface area contributed by atoms with E-state index in [4.69, 9.17) is 0 Å². The number of anilines is 6. The van der Waals surface area contributed by atoms with E-state index in [9.17, 15) is 0 Å². The Kier molecular flexibility index (Phi) is 10.2. The molecule has 2 aliphatic carbocycles. The fourth-order valence-electron chi connectivity index (χ4n) is 11.8. The van der Waals surface area contributed by atoms with Gasteiger partial charge in [0.15, 0.2) is 0 Å². The van der Waals surface area contributed by atoms with E-state index in [1.54, 1.807) is 0 Å².